The minimum atomic E-state index is -0.430. The van der Waals surface area contributed by atoms with E-state index in [1.807, 2.05) is 6.07 Å². The number of fused-ring (bicyclic) bond motifs is 1. The normalized spacial score (nSPS) is 14.6. The van der Waals surface area contributed by atoms with Crippen molar-refractivity contribution in [3.63, 3.8) is 0 Å². The first-order valence-electron chi connectivity index (χ1n) is 9.74. The molecule has 8 heteroatoms. The van der Waals surface area contributed by atoms with Crippen molar-refractivity contribution in [3.8, 4) is 0 Å². The highest BCUT2D eigenvalue weighted by Gasteiger charge is 2.17. The van der Waals surface area contributed by atoms with Crippen LogP contribution >= 0.6 is 0 Å². The van der Waals surface area contributed by atoms with Gasteiger partial charge in [0.25, 0.3) is 11.5 Å². The van der Waals surface area contributed by atoms with Gasteiger partial charge in [0, 0.05) is 38.4 Å². The van der Waals surface area contributed by atoms with E-state index < -0.39 is 5.82 Å². The fourth-order valence-corrected chi connectivity index (χ4v) is 3.58. The van der Waals surface area contributed by atoms with Crippen molar-refractivity contribution < 1.29 is 9.18 Å². The number of nitrogens with one attached hydrogen (secondary N) is 2. The van der Waals surface area contributed by atoms with E-state index in [9.17, 15) is 14.0 Å². The van der Waals surface area contributed by atoms with Gasteiger partial charge >= 0.3 is 0 Å². The summed E-state index contributed by atoms with van der Waals surface area (Å²) < 4.78 is 14.9. The van der Waals surface area contributed by atoms with Crippen molar-refractivity contribution in [3.05, 3.63) is 75.2 Å². The number of aryl methyl sites for hydroxylation is 1. The molecule has 1 aromatic carbocycles. The second-order valence-corrected chi connectivity index (χ2v) is 7.31. The molecule has 2 N–H and O–H groups in total. The Hall–Kier alpha value is -3.39. The van der Waals surface area contributed by atoms with E-state index in [1.54, 1.807) is 38.4 Å². The average molecular weight is 407 g/mol. The molecule has 3 heterocycles. The molecule has 1 aliphatic heterocycles. The topological polar surface area (TPSA) is 91.0 Å². The molecule has 1 aliphatic rings. The Morgan fingerprint density at radius 3 is 2.80 bits per heavy atom. The number of amides is 1. The van der Waals surface area contributed by atoms with Gasteiger partial charge in [-0.3, -0.25) is 19.5 Å². The number of rotatable bonds is 4. The molecule has 30 heavy (non-hydrogen) atoms. The van der Waals surface area contributed by atoms with Crippen LogP contribution in [0.5, 0.6) is 0 Å². The molecule has 0 saturated carbocycles. The highest BCUT2D eigenvalue weighted by atomic mass is 19.1. The number of nitrogens with zero attached hydrogens (tertiary/aromatic N) is 3. The zero-order chi connectivity index (χ0) is 21.3. The van der Waals surface area contributed by atoms with Gasteiger partial charge in [-0.05, 0) is 36.6 Å². The number of halogens is 1. The fourth-order valence-electron chi connectivity index (χ4n) is 3.58. The van der Waals surface area contributed by atoms with Crippen molar-refractivity contribution in [1.29, 1.82) is 0 Å². The summed E-state index contributed by atoms with van der Waals surface area (Å²) in [4.78, 5) is 36.5. The summed E-state index contributed by atoms with van der Waals surface area (Å²) in [5.74, 6) is -0.643. The highest BCUT2D eigenvalue weighted by molar-refractivity contribution is 5.92. The third kappa shape index (κ3) is 3.86. The minimum Gasteiger partial charge on any atom is -0.354 e. The molecule has 2 aromatic heterocycles. The molecule has 7 nitrogen and oxygen atoms in total. The Morgan fingerprint density at radius 2 is 2.13 bits per heavy atom. The maximum atomic E-state index is 14.9. The van der Waals surface area contributed by atoms with E-state index in [1.165, 1.54) is 0 Å². The molecule has 0 radical (unpaired) electrons. The second kappa shape index (κ2) is 8.16. The van der Waals surface area contributed by atoms with E-state index in [0.717, 1.165) is 24.1 Å². The monoisotopic (exact) mass is 407 g/mol. The predicted molar refractivity (Wildman–Crippen MR) is 113 cm³/mol. The first-order chi connectivity index (χ1) is 14.5. The van der Waals surface area contributed by atoms with Crippen LogP contribution in [0.1, 0.15) is 33.7 Å². The third-order valence-electron chi connectivity index (χ3n) is 5.34. The Balaban J connectivity index is 1.48. The van der Waals surface area contributed by atoms with E-state index in [0.29, 0.717) is 35.6 Å². The van der Waals surface area contributed by atoms with Gasteiger partial charge in [0.15, 0.2) is 5.82 Å². The molecule has 0 bridgehead atoms. The van der Waals surface area contributed by atoms with Crippen molar-refractivity contribution in [2.45, 2.75) is 19.9 Å². The minimum absolute atomic E-state index is 0.152. The molecule has 0 saturated heterocycles. The lowest BCUT2D eigenvalue weighted by Gasteiger charge is -2.26. The summed E-state index contributed by atoms with van der Waals surface area (Å²) >= 11 is 0. The van der Waals surface area contributed by atoms with Gasteiger partial charge in [0.1, 0.15) is 16.9 Å². The smallest absolute Gasteiger partial charge is 0.269 e. The second-order valence-electron chi connectivity index (χ2n) is 7.31. The highest BCUT2D eigenvalue weighted by Crippen LogP contribution is 2.24. The van der Waals surface area contributed by atoms with Crippen LogP contribution in [-0.2, 0) is 6.54 Å². The van der Waals surface area contributed by atoms with E-state index >= 15 is 0 Å². The number of carbonyl (C=O) groups excluding carboxylic acids is 1. The zero-order valence-electron chi connectivity index (χ0n) is 16.8. The molecule has 0 fully saturated rings. The van der Waals surface area contributed by atoms with Crippen molar-refractivity contribution in [1.82, 2.24) is 25.2 Å². The maximum Gasteiger partial charge on any atom is 0.269 e. The van der Waals surface area contributed by atoms with Crippen molar-refractivity contribution in [2.75, 3.05) is 20.1 Å². The average Bonchev–Trinajstić information content (AvgIpc) is 2.77. The number of pyridine rings is 1. The fraction of sp³-hybridized carbons (Fsp3) is 0.273. The standard InChI is InChI=1S/C22H22FN5O2/c1-13-21(29)27-20-17(26-13)5-4-16(19(20)23)12-28-9-7-14(8-10-28)15-3-6-18(25-11-15)22(30)24-2/h3-7,11H,8-10,12H2,1-2H3,(H,24,30)(H,27,29). The van der Waals surface area contributed by atoms with Crippen LogP contribution in [0.2, 0.25) is 0 Å². The van der Waals surface area contributed by atoms with Crippen LogP contribution in [0.3, 0.4) is 0 Å². The molecule has 0 atom stereocenters. The summed E-state index contributed by atoms with van der Waals surface area (Å²) in [6.07, 6.45) is 4.61. The predicted octanol–water partition coefficient (Wildman–Crippen LogP) is 2.41. The summed E-state index contributed by atoms with van der Waals surface area (Å²) in [5, 5.41) is 2.55. The first-order valence-corrected chi connectivity index (χ1v) is 9.74. The summed E-state index contributed by atoms with van der Waals surface area (Å²) in [6.45, 7) is 3.48. The maximum absolute atomic E-state index is 14.9. The number of hydrogen-bond donors (Lipinski definition) is 2. The van der Waals surface area contributed by atoms with Gasteiger partial charge in [-0.15, -0.1) is 0 Å². The number of carbonyl (C=O) groups is 1. The van der Waals surface area contributed by atoms with Gasteiger partial charge in [0.05, 0.1) is 5.52 Å². The Kier molecular flexibility index (Phi) is 5.41. The first kappa shape index (κ1) is 19.9. The molecule has 154 valence electrons. The lowest BCUT2D eigenvalue weighted by molar-refractivity contribution is 0.0958. The molecule has 3 aromatic rings. The van der Waals surface area contributed by atoms with Crippen LogP contribution in [0.4, 0.5) is 4.39 Å². The van der Waals surface area contributed by atoms with Gasteiger partial charge in [-0.1, -0.05) is 18.2 Å². The molecular weight excluding hydrogens is 385 g/mol. The van der Waals surface area contributed by atoms with Gasteiger partial charge in [-0.25, -0.2) is 9.37 Å². The lowest BCUT2D eigenvalue weighted by Crippen LogP contribution is -2.28. The van der Waals surface area contributed by atoms with Crippen LogP contribution in [0.25, 0.3) is 16.6 Å². The summed E-state index contributed by atoms with van der Waals surface area (Å²) in [5.41, 5.74) is 3.59. The molecule has 0 aliphatic carbocycles. The van der Waals surface area contributed by atoms with Gasteiger partial charge in [-0.2, -0.15) is 0 Å². The van der Waals surface area contributed by atoms with Crippen LogP contribution in [0.15, 0.2) is 41.3 Å². The van der Waals surface area contributed by atoms with Crippen LogP contribution < -0.4 is 10.9 Å². The van der Waals surface area contributed by atoms with Crippen LogP contribution in [-0.4, -0.2) is 45.9 Å². The quantitative estimate of drug-likeness (QED) is 0.693. The summed E-state index contributed by atoms with van der Waals surface area (Å²) in [7, 11) is 1.57. The lowest BCUT2D eigenvalue weighted by atomic mass is 10.0. The molecule has 4 rings (SSSR count). The number of hydrogen-bond acceptors (Lipinski definition) is 5. The van der Waals surface area contributed by atoms with Gasteiger partial charge < -0.3 is 10.3 Å². The Bertz CT molecular complexity index is 1200. The SMILES string of the molecule is CNC(=O)c1ccc(C2=CCN(Cc3ccc4nc(C)c(=O)[nH]c4c3F)CC2)cn1. The number of aromatic nitrogens is 3. The zero-order valence-corrected chi connectivity index (χ0v) is 16.8. The molecule has 0 spiro atoms. The van der Waals surface area contributed by atoms with Gasteiger partial charge in [0.2, 0.25) is 0 Å². The van der Waals surface area contributed by atoms with Crippen molar-refractivity contribution in [2.24, 2.45) is 0 Å². The van der Waals surface area contributed by atoms with E-state index in [4.69, 9.17) is 0 Å². The Morgan fingerprint density at radius 1 is 1.30 bits per heavy atom. The van der Waals surface area contributed by atoms with Crippen molar-refractivity contribution >= 4 is 22.5 Å². The number of benzene rings is 1. The third-order valence-corrected chi connectivity index (χ3v) is 5.34. The van der Waals surface area contributed by atoms with Crippen LogP contribution in [0, 0.1) is 12.7 Å². The largest absolute Gasteiger partial charge is 0.354 e. The van der Waals surface area contributed by atoms with E-state index in [2.05, 4.69) is 31.2 Å². The Labute approximate surface area is 172 Å². The molecule has 0 unspecified atom stereocenters. The summed E-state index contributed by atoms with van der Waals surface area (Å²) in [6, 6.07) is 7.07. The number of aromatic amines is 1. The van der Waals surface area contributed by atoms with E-state index in [-0.39, 0.29) is 17.0 Å². The molecule has 1 amide bonds. The molecular formula is C22H22FN5O2. The number of H-pyrrole nitrogens is 1.